The van der Waals surface area contributed by atoms with Crippen molar-refractivity contribution in [1.29, 1.82) is 0 Å². The number of aromatic amines is 3. The molecule has 11 atom stereocenters. The Morgan fingerprint density at radius 1 is 0.609 bits per heavy atom. The molecule has 0 aromatic carbocycles. The molecular formula is C39H49N9O19P2. The van der Waals surface area contributed by atoms with Crippen molar-refractivity contribution in [3.8, 4) is 35.5 Å². The molecular weight excluding hydrogens is 960 g/mol. The molecule has 0 bridgehead atoms. The number of aliphatic hydroxyl groups is 2. The second kappa shape index (κ2) is 23.5. The molecule has 0 spiro atoms. The van der Waals surface area contributed by atoms with Crippen LogP contribution >= 0.6 is 15.6 Å². The first-order valence-electron chi connectivity index (χ1n) is 20.9. The number of ether oxygens (including phenoxy) is 3. The molecule has 3 saturated heterocycles. The van der Waals surface area contributed by atoms with Gasteiger partial charge in [-0.3, -0.25) is 61.1 Å². The number of phosphoric ester groups is 2. The number of H-pyrrole nitrogens is 3. The van der Waals surface area contributed by atoms with E-state index in [-0.39, 0.29) is 49.2 Å². The van der Waals surface area contributed by atoms with Gasteiger partial charge in [-0.2, -0.15) is 0 Å². The molecule has 3 aromatic heterocycles. The average molecular weight is 1010 g/mol. The predicted molar refractivity (Wildman–Crippen MR) is 236 cm³/mol. The van der Waals surface area contributed by atoms with E-state index in [9.17, 15) is 57.9 Å². The van der Waals surface area contributed by atoms with E-state index in [1.54, 1.807) is 21.1 Å². The number of hydrogen-bond acceptors (Lipinski definition) is 20. The van der Waals surface area contributed by atoms with Gasteiger partial charge < -0.3 is 50.2 Å². The van der Waals surface area contributed by atoms with Gasteiger partial charge >= 0.3 is 32.7 Å². The van der Waals surface area contributed by atoms with Gasteiger partial charge in [0.25, 0.3) is 16.7 Å². The van der Waals surface area contributed by atoms with Crippen LogP contribution in [-0.4, -0.2) is 146 Å². The lowest BCUT2D eigenvalue weighted by Gasteiger charge is -2.24. The second-order valence-electron chi connectivity index (χ2n) is 15.3. The highest BCUT2D eigenvalue weighted by Gasteiger charge is 2.46. The van der Waals surface area contributed by atoms with Crippen molar-refractivity contribution < 1.29 is 61.4 Å². The standard InChI is InChI=1S/C39H49N9O19P2/c1-40-10-4-7-22-16-46(37(54)43-34(22)51)31-13-25(50)29(64-31)20-61-68(57,58)67-27-15-33(48-18-24(9-6-12-42-3)36(53)45-39(48)56)65-30(27)21-62-69(59,60)66-26-14-32(63-28(26)19-49)47-17-23(8-5-11-41-2)35(52)44-38(47)55/h16-18,25-33,40-42,49-50H,10-15,19-21H2,1-3H3,(H,57,58)(H,59,60)(H,43,51,54)(H,44,52,55)(H,45,53,56). The van der Waals surface area contributed by atoms with Crippen LogP contribution in [0.5, 0.6) is 0 Å². The van der Waals surface area contributed by atoms with Crippen LogP contribution in [0.2, 0.25) is 0 Å². The molecule has 6 heterocycles. The zero-order valence-electron chi connectivity index (χ0n) is 36.9. The Kier molecular flexibility index (Phi) is 18.0. The van der Waals surface area contributed by atoms with Crippen LogP contribution in [0.25, 0.3) is 0 Å². The van der Waals surface area contributed by atoms with Gasteiger partial charge in [0.05, 0.1) is 45.6 Å². The third-order valence-corrected chi connectivity index (χ3v) is 12.4. The lowest BCUT2D eigenvalue weighted by Crippen LogP contribution is -2.34. The summed E-state index contributed by atoms with van der Waals surface area (Å²) < 4.78 is 68.6. The fourth-order valence-electron chi connectivity index (χ4n) is 7.10. The molecule has 0 amide bonds. The van der Waals surface area contributed by atoms with Gasteiger partial charge in [0.2, 0.25) is 0 Å². The highest BCUT2D eigenvalue weighted by atomic mass is 31.2. The summed E-state index contributed by atoms with van der Waals surface area (Å²) in [5.74, 6) is 15.9. The van der Waals surface area contributed by atoms with E-state index >= 15 is 0 Å². The Balaban J connectivity index is 1.17. The molecule has 0 saturated carbocycles. The number of nitrogens with zero attached hydrogens (tertiary/aromatic N) is 3. The highest BCUT2D eigenvalue weighted by molar-refractivity contribution is 7.47. The molecule has 3 fully saturated rings. The summed E-state index contributed by atoms with van der Waals surface area (Å²) >= 11 is 0. The van der Waals surface area contributed by atoms with E-state index in [1.165, 1.54) is 0 Å². The minimum atomic E-state index is -5.22. The van der Waals surface area contributed by atoms with Gasteiger partial charge in [0, 0.05) is 37.9 Å². The van der Waals surface area contributed by atoms with E-state index in [1.807, 2.05) is 0 Å². The summed E-state index contributed by atoms with van der Waals surface area (Å²) in [4.78, 5) is 104. The lowest BCUT2D eigenvalue weighted by molar-refractivity contribution is -0.0619. The number of phosphoric acid groups is 2. The summed E-state index contributed by atoms with van der Waals surface area (Å²) in [5, 5.41) is 29.2. The first-order valence-corrected chi connectivity index (χ1v) is 23.9. The topological polar surface area (TPSA) is 380 Å². The zero-order chi connectivity index (χ0) is 50.0. The molecule has 3 aliphatic heterocycles. The number of rotatable bonds is 17. The molecule has 3 aromatic rings. The first kappa shape index (κ1) is 53.0. The molecule has 0 aliphatic carbocycles. The highest BCUT2D eigenvalue weighted by Crippen LogP contribution is 2.51. The van der Waals surface area contributed by atoms with Crippen molar-refractivity contribution >= 4 is 15.6 Å². The molecule has 6 rings (SSSR count). The van der Waals surface area contributed by atoms with Crippen LogP contribution in [0.4, 0.5) is 0 Å². The predicted octanol–water partition coefficient (Wildman–Crippen LogP) is -4.43. The Morgan fingerprint density at radius 2 is 0.957 bits per heavy atom. The number of aliphatic hydroxyl groups excluding tert-OH is 2. The molecule has 30 heteroatoms. The van der Waals surface area contributed by atoms with Crippen molar-refractivity contribution in [2.24, 2.45) is 0 Å². The van der Waals surface area contributed by atoms with Gasteiger partial charge in [-0.25, -0.2) is 23.5 Å². The molecule has 0 radical (unpaired) electrons. The minimum absolute atomic E-state index is 0.0742. The van der Waals surface area contributed by atoms with Crippen molar-refractivity contribution in [1.82, 2.24) is 44.6 Å². The summed E-state index contributed by atoms with van der Waals surface area (Å²) in [5.41, 5.74) is -5.48. The fourth-order valence-corrected chi connectivity index (χ4v) is 9.02. The van der Waals surface area contributed by atoms with Gasteiger partial charge in [-0.1, -0.05) is 35.5 Å². The maximum absolute atomic E-state index is 13.5. The van der Waals surface area contributed by atoms with Crippen molar-refractivity contribution in [2.45, 2.75) is 74.6 Å². The van der Waals surface area contributed by atoms with Gasteiger partial charge in [-0.15, -0.1) is 0 Å². The summed E-state index contributed by atoms with van der Waals surface area (Å²) in [7, 11) is -5.53. The summed E-state index contributed by atoms with van der Waals surface area (Å²) in [6, 6.07) is 0. The normalized spacial score (nSPS) is 25.9. The number of nitrogens with one attached hydrogen (secondary N) is 6. The number of aromatic nitrogens is 6. The van der Waals surface area contributed by atoms with Crippen LogP contribution < -0.4 is 49.7 Å². The Labute approximate surface area is 389 Å². The van der Waals surface area contributed by atoms with E-state index in [0.717, 1.165) is 32.3 Å². The molecule has 10 N–H and O–H groups in total. The van der Waals surface area contributed by atoms with E-state index in [4.69, 9.17) is 32.3 Å². The van der Waals surface area contributed by atoms with Crippen molar-refractivity contribution in [3.63, 3.8) is 0 Å². The minimum Gasteiger partial charge on any atom is -0.394 e. The van der Waals surface area contributed by atoms with Crippen LogP contribution in [0, 0.1) is 35.5 Å². The molecule has 11 unspecified atom stereocenters. The number of hydrogen-bond donors (Lipinski definition) is 10. The van der Waals surface area contributed by atoms with Crippen molar-refractivity contribution in [2.75, 3.05) is 60.6 Å². The fraction of sp³-hybridized carbons (Fsp3) is 0.538. The maximum Gasteiger partial charge on any atom is 0.472 e. The van der Waals surface area contributed by atoms with Crippen LogP contribution in [-0.2, 0) is 41.4 Å². The van der Waals surface area contributed by atoms with E-state index in [2.05, 4.69) is 66.4 Å². The SMILES string of the molecule is CNCC#Cc1cn(C2CC(O)C(COP(=O)(O)OC3CC(n4cc(C#CCNC)c(=O)[nH]c4=O)OC3COP(=O)(O)OC3CC(n4cc(C#CCNC)c(=O)[nH]c4=O)OC3CO)O2)c(=O)[nH]c1=O. The molecule has 69 heavy (non-hydrogen) atoms. The molecule has 374 valence electrons. The van der Waals surface area contributed by atoms with Crippen molar-refractivity contribution in [3.05, 3.63) is 97.8 Å². The van der Waals surface area contributed by atoms with Gasteiger partial charge in [0.15, 0.2) is 0 Å². The quantitative estimate of drug-likeness (QED) is 0.0451. The van der Waals surface area contributed by atoms with E-state index in [0.29, 0.717) is 0 Å². The van der Waals surface area contributed by atoms with Crippen LogP contribution in [0.15, 0.2) is 47.4 Å². The van der Waals surface area contributed by atoms with Crippen LogP contribution in [0.1, 0.15) is 54.6 Å². The summed E-state index contributed by atoms with van der Waals surface area (Å²) in [6.45, 7) is -1.85. The third kappa shape index (κ3) is 13.7. The molecule has 3 aliphatic rings. The smallest absolute Gasteiger partial charge is 0.394 e. The Morgan fingerprint density at radius 3 is 1.35 bits per heavy atom. The van der Waals surface area contributed by atoms with Crippen LogP contribution in [0.3, 0.4) is 0 Å². The largest absolute Gasteiger partial charge is 0.472 e. The Bertz CT molecular complexity index is 3010. The van der Waals surface area contributed by atoms with Gasteiger partial charge in [-0.05, 0) is 21.1 Å². The average Bonchev–Trinajstić information content (AvgIpc) is 4.00. The Hall–Kier alpha value is -5.38. The second-order valence-corrected chi connectivity index (χ2v) is 18.1. The van der Waals surface area contributed by atoms with E-state index < -0.39 is 131 Å². The monoisotopic (exact) mass is 1010 g/mol. The maximum atomic E-state index is 13.5. The summed E-state index contributed by atoms with van der Waals surface area (Å²) in [6.07, 6.45) is -10.0. The molecule has 28 nitrogen and oxygen atoms in total. The van der Waals surface area contributed by atoms with Gasteiger partial charge in [0.1, 0.15) is 65.9 Å². The zero-order valence-corrected chi connectivity index (χ0v) is 38.7. The lowest BCUT2D eigenvalue weighted by atomic mass is 10.2. The first-order chi connectivity index (χ1) is 32.8. The third-order valence-electron chi connectivity index (χ3n) is 10.4.